The van der Waals surface area contributed by atoms with Crippen LogP contribution in [0.25, 0.3) is 28.1 Å². The highest BCUT2D eigenvalue weighted by atomic mass is 28.2. The molecule has 0 aliphatic rings. The van der Waals surface area contributed by atoms with Crippen molar-refractivity contribution in [2.45, 2.75) is 59.6 Å². The maximum atomic E-state index is 13.7. The van der Waals surface area contributed by atoms with E-state index in [2.05, 4.69) is 28.9 Å². The number of hydrogen-bond acceptors (Lipinski definition) is 4. The Morgan fingerprint density at radius 1 is 1.05 bits per heavy atom. The number of carbonyl (C=O) groups is 2. The van der Waals surface area contributed by atoms with Gasteiger partial charge in [0.25, 0.3) is 0 Å². The summed E-state index contributed by atoms with van der Waals surface area (Å²) in [6, 6.07) is 14.5. The van der Waals surface area contributed by atoms with E-state index in [4.69, 9.17) is 9.16 Å². The fourth-order valence-corrected chi connectivity index (χ4v) is 5.37. The zero-order chi connectivity index (χ0) is 27.5. The lowest BCUT2D eigenvalue weighted by atomic mass is 9.69. The van der Waals surface area contributed by atoms with Crippen molar-refractivity contribution in [3.05, 3.63) is 66.1 Å². The number of ketones is 1. The Bertz CT molecular complexity index is 1300. The molecule has 0 bridgehead atoms. The van der Waals surface area contributed by atoms with E-state index in [1.54, 1.807) is 25.1 Å². The number of allylic oxidation sites excluding steroid dienone is 1. The molecule has 1 heterocycles. The number of esters is 1. The Kier molecular flexibility index (Phi) is 8.60. The van der Waals surface area contributed by atoms with Gasteiger partial charge < -0.3 is 13.7 Å². The predicted molar refractivity (Wildman–Crippen MR) is 147 cm³/mol. The van der Waals surface area contributed by atoms with Crippen LogP contribution in [0, 0.1) is 17.2 Å². The molecule has 0 amide bonds. The molecular weight excluding hydrogens is 485 g/mol. The molecule has 0 spiro atoms. The lowest BCUT2D eigenvalue weighted by Gasteiger charge is -2.41. The van der Waals surface area contributed by atoms with Crippen LogP contribution in [0.2, 0.25) is 0 Å². The smallest absolute Gasteiger partial charge is 0.336 e. The number of aromatic nitrogens is 1. The van der Waals surface area contributed by atoms with Gasteiger partial charge >= 0.3 is 5.97 Å². The molecule has 1 aromatic heterocycles. The number of carbonyl (C=O) groups excluding carboxylic acids is 2. The van der Waals surface area contributed by atoms with Crippen molar-refractivity contribution < 1.29 is 23.1 Å². The summed E-state index contributed by atoms with van der Waals surface area (Å²) in [5.74, 6) is -1.49. The minimum absolute atomic E-state index is 0.0733. The zero-order valence-corrected chi connectivity index (χ0v) is 23.6. The van der Waals surface area contributed by atoms with Crippen molar-refractivity contribution in [1.29, 1.82) is 0 Å². The summed E-state index contributed by atoms with van der Waals surface area (Å²) in [5.41, 5.74) is 1.88. The largest absolute Gasteiger partial charge is 0.467 e. The number of halogens is 1. The lowest BCUT2D eigenvalue weighted by molar-refractivity contribution is -0.167. The third-order valence-corrected chi connectivity index (χ3v) is 7.37. The van der Waals surface area contributed by atoms with Crippen LogP contribution in [-0.2, 0) is 18.8 Å². The Morgan fingerprint density at radius 2 is 1.68 bits per heavy atom. The molecule has 3 aromatic rings. The molecule has 0 aliphatic heterocycles. The molecule has 3 radical (unpaired) electrons. The summed E-state index contributed by atoms with van der Waals surface area (Å²) >= 11 is 0. The summed E-state index contributed by atoms with van der Waals surface area (Å²) < 4.78 is 26.3. The molecule has 7 heteroatoms. The van der Waals surface area contributed by atoms with Gasteiger partial charge in [0.1, 0.15) is 5.82 Å². The van der Waals surface area contributed by atoms with Crippen LogP contribution in [0.15, 0.2) is 54.6 Å². The normalized spacial score (nSPS) is 14.8. The molecule has 195 valence electrons. The fraction of sp³-hybridized carbons (Fsp3) is 0.400. The van der Waals surface area contributed by atoms with E-state index in [0.717, 1.165) is 27.7 Å². The topological polar surface area (TPSA) is 57.5 Å². The van der Waals surface area contributed by atoms with Gasteiger partial charge in [-0.25, -0.2) is 9.18 Å². The minimum atomic E-state index is -1.36. The highest BCUT2D eigenvalue weighted by molar-refractivity contribution is 6.03. The van der Waals surface area contributed by atoms with E-state index >= 15 is 0 Å². The van der Waals surface area contributed by atoms with E-state index in [1.165, 1.54) is 19.2 Å². The standard InChI is InChI=1S/C30H35FNO4Si/c1-19(2)32-24-11-9-8-10-23(24)27(20-12-14-21(31)15-13-20)25(32)17-16-22(33)18-26(29(3,4)5)30(6,36-37)28(34)35-7/h8-17,19,26H,18H2,1-7H3. The Morgan fingerprint density at radius 3 is 2.22 bits per heavy atom. The van der Waals surface area contributed by atoms with Crippen molar-refractivity contribution in [1.82, 2.24) is 4.57 Å². The Labute approximate surface area is 222 Å². The van der Waals surface area contributed by atoms with Crippen molar-refractivity contribution in [3.8, 4) is 11.1 Å². The average Bonchev–Trinajstić information content (AvgIpc) is 3.19. The van der Waals surface area contributed by atoms with E-state index in [9.17, 15) is 14.0 Å². The zero-order valence-electron chi connectivity index (χ0n) is 22.6. The van der Waals surface area contributed by atoms with Gasteiger partial charge in [-0.05, 0) is 62.1 Å². The van der Waals surface area contributed by atoms with Crippen LogP contribution in [-0.4, -0.2) is 39.5 Å². The third-order valence-electron chi connectivity index (χ3n) is 6.94. The SMILES string of the molecule is COC(=O)C(C)(O[Si])C(CC(=O)C=Cc1c(-c2ccc(F)cc2)c2ccccc2n1C(C)C)C(C)(C)C. The number of nitrogens with zero attached hydrogens (tertiary/aromatic N) is 1. The number of benzene rings is 2. The van der Waals surface area contributed by atoms with Crippen LogP contribution in [0.1, 0.15) is 59.7 Å². The second-order valence-electron chi connectivity index (χ2n) is 10.9. The van der Waals surface area contributed by atoms with E-state index in [-0.39, 0.29) is 24.1 Å². The molecule has 0 saturated heterocycles. The maximum Gasteiger partial charge on any atom is 0.336 e. The van der Waals surface area contributed by atoms with E-state index < -0.39 is 22.9 Å². The molecule has 37 heavy (non-hydrogen) atoms. The summed E-state index contributed by atoms with van der Waals surface area (Å²) in [7, 11) is 4.35. The second-order valence-corrected chi connectivity index (χ2v) is 11.1. The molecule has 0 aliphatic carbocycles. The van der Waals surface area contributed by atoms with Gasteiger partial charge in [0, 0.05) is 34.8 Å². The maximum absolute atomic E-state index is 13.7. The van der Waals surface area contributed by atoms with Crippen LogP contribution in [0.5, 0.6) is 0 Å². The predicted octanol–water partition coefficient (Wildman–Crippen LogP) is 6.69. The molecule has 2 aromatic carbocycles. The summed E-state index contributed by atoms with van der Waals surface area (Å²) in [6.07, 6.45) is 3.46. The fourth-order valence-electron chi connectivity index (χ4n) is 5.15. The second kappa shape index (κ2) is 11.2. The monoisotopic (exact) mass is 520 g/mol. The molecule has 2 atom stereocenters. The molecular formula is C30H35FNO4Si. The first-order chi connectivity index (χ1) is 17.3. The van der Waals surface area contributed by atoms with Crippen LogP contribution < -0.4 is 0 Å². The number of rotatable bonds is 9. The average molecular weight is 521 g/mol. The van der Waals surface area contributed by atoms with Crippen LogP contribution in [0.3, 0.4) is 0 Å². The van der Waals surface area contributed by atoms with Crippen LogP contribution >= 0.6 is 0 Å². The molecule has 0 fully saturated rings. The lowest BCUT2D eigenvalue weighted by Crippen LogP contribution is -2.51. The number of methoxy groups -OCH3 is 1. The van der Waals surface area contributed by atoms with E-state index in [0.29, 0.717) is 0 Å². The van der Waals surface area contributed by atoms with Gasteiger partial charge in [-0.1, -0.05) is 51.1 Å². The highest BCUT2D eigenvalue weighted by Gasteiger charge is 2.48. The van der Waals surface area contributed by atoms with Gasteiger partial charge in [-0.3, -0.25) is 4.79 Å². The van der Waals surface area contributed by atoms with Crippen molar-refractivity contribution in [3.63, 3.8) is 0 Å². The van der Waals surface area contributed by atoms with Crippen molar-refractivity contribution in [2.24, 2.45) is 11.3 Å². The quantitative estimate of drug-likeness (QED) is 0.179. The summed E-state index contributed by atoms with van der Waals surface area (Å²) in [5, 5.41) is 1.02. The number of hydrogen-bond donors (Lipinski definition) is 0. The number of para-hydroxylation sites is 1. The van der Waals surface area contributed by atoms with E-state index in [1.807, 2.05) is 51.1 Å². The Hall–Kier alpha value is -3.03. The van der Waals surface area contributed by atoms with Crippen molar-refractivity contribution in [2.75, 3.05) is 7.11 Å². The first-order valence-corrected chi connectivity index (χ1v) is 12.8. The summed E-state index contributed by atoms with van der Waals surface area (Å²) in [4.78, 5) is 26.0. The van der Waals surface area contributed by atoms with Gasteiger partial charge in [-0.2, -0.15) is 0 Å². The molecule has 5 nitrogen and oxygen atoms in total. The molecule has 0 N–H and O–H groups in total. The van der Waals surface area contributed by atoms with Crippen LogP contribution in [0.4, 0.5) is 4.39 Å². The molecule has 0 saturated carbocycles. The summed E-state index contributed by atoms with van der Waals surface area (Å²) in [6.45, 7) is 11.7. The third kappa shape index (κ3) is 5.78. The number of ether oxygens (including phenoxy) is 1. The first-order valence-electron chi connectivity index (χ1n) is 12.4. The minimum Gasteiger partial charge on any atom is -0.467 e. The van der Waals surface area contributed by atoms with Gasteiger partial charge in [0.15, 0.2) is 11.4 Å². The van der Waals surface area contributed by atoms with Gasteiger partial charge in [-0.15, -0.1) is 0 Å². The Balaban J connectivity index is 2.10. The molecule has 2 unspecified atom stereocenters. The number of fused-ring (bicyclic) bond motifs is 1. The molecule has 3 rings (SSSR count). The van der Waals surface area contributed by atoms with Gasteiger partial charge in [0.2, 0.25) is 10.5 Å². The van der Waals surface area contributed by atoms with Crippen molar-refractivity contribution >= 4 is 39.2 Å². The first kappa shape index (κ1) is 28.5. The van der Waals surface area contributed by atoms with Gasteiger partial charge in [0.05, 0.1) is 12.8 Å². The highest BCUT2D eigenvalue weighted by Crippen LogP contribution is 2.41.